The number of carbonyl (C=O) groups is 2. The zero-order valence-electron chi connectivity index (χ0n) is 18.6. The van der Waals surface area contributed by atoms with Gasteiger partial charge in [0.2, 0.25) is 11.5 Å². The van der Waals surface area contributed by atoms with Crippen LogP contribution in [0.5, 0.6) is 0 Å². The Balaban J connectivity index is 2.09. The highest BCUT2D eigenvalue weighted by atomic mass is 35.5. The number of furan rings is 1. The van der Waals surface area contributed by atoms with E-state index in [-0.39, 0.29) is 22.8 Å². The summed E-state index contributed by atoms with van der Waals surface area (Å²) in [6, 6.07) is 14.7. The number of fused-ring (bicyclic) bond motifs is 1. The van der Waals surface area contributed by atoms with E-state index in [9.17, 15) is 9.59 Å². The molecule has 4 aromatic rings. The number of carbonyl (C=O) groups excluding carboxylic acids is 2. The van der Waals surface area contributed by atoms with Crippen LogP contribution in [0.25, 0.3) is 33.5 Å². The first-order valence-corrected chi connectivity index (χ1v) is 11.1. The van der Waals surface area contributed by atoms with E-state index in [4.69, 9.17) is 38.3 Å². The van der Waals surface area contributed by atoms with Crippen LogP contribution >= 0.6 is 23.2 Å². The minimum absolute atomic E-state index is 0.0224. The molecule has 0 aliphatic heterocycles. The number of nitrogens with zero attached hydrogens (tertiary/aromatic N) is 1. The van der Waals surface area contributed by atoms with E-state index in [2.05, 4.69) is 0 Å². The van der Waals surface area contributed by atoms with Gasteiger partial charge in [0.15, 0.2) is 5.76 Å². The number of rotatable bonds is 4. The number of ketones is 1. The second-order valence-corrected chi connectivity index (χ2v) is 9.82. The Morgan fingerprint density at radius 3 is 2.24 bits per heavy atom. The summed E-state index contributed by atoms with van der Waals surface area (Å²) in [5.41, 5.74) is 8.82. The highest BCUT2D eigenvalue weighted by Gasteiger charge is 2.33. The van der Waals surface area contributed by atoms with Crippen LogP contribution in [0.15, 0.2) is 52.9 Å². The lowest BCUT2D eigenvalue weighted by Crippen LogP contribution is -2.23. The van der Waals surface area contributed by atoms with Crippen LogP contribution in [-0.4, -0.2) is 24.5 Å². The minimum atomic E-state index is -0.778. The number of benzene rings is 2. The first kappa shape index (κ1) is 23.1. The third-order valence-corrected chi connectivity index (χ3v) is 5.92. The number of aromatic nitrogens is 1. The molecule has 0 fully saturated rings. The van der Waals surface area contributed by atoms with Crippen LogP contribution in [0.3, 0.4) is 0 Å². The molecule has 4 rings (SSSR count). The molecule has 2 aromatic heterocycles. The van der Waals surface area contributed by atoms with Crippen LogP contribution in [0, 0.1) is 5.41 Å². The van der Waals surface area contributed by atoms with Crippen molar-refractivity contribution in [2.45, 2.75) is 20.8 Å². The van der Waals surface area contributed by atoms with Gasteiger partial charge in [-0.2, -0.15) is 0 Å². The molecule has 2 N–H and O–H groups in total. The molecule has 5 nitrogen and oxygen atoms in total. The van der Waals surface area contributed by atoms with Crippen LogP contribution in [0.1, 0.15) is 41.7 Å². The van der Waals surface area contributed by atoms with Gasteiger partial charge in [-0.3, -0.25) is 9.59 Å². The molecule has 8 heteroatoms. The van der Waals surface area contributed by atoms with Crippen molar-refractivity contribution in [2.24, 2.45) is 11.1 Å². The second-order valence-electron chi connectivity index (χ2n) is 8.98. The maximum atomic E-state index is 13.0. The first-order chi connectivity index (χ1) is 15.5. The Labute approximate surface area is 202 Å². The number of halogens is 2. The fraction of sp³-hybridized carbons (Fsp3) is 0.160. The summed E-state index contributed by atoms with van der Waals surface area (Å²) in [4.78, 5) is 30.2. The standard InChI is InChI=1S/C25H21BCl2N2O3/c1-25(2,3)22(31)21-19(23(29)32)17-11-16(12-4-7-14(27)8-5-12)20(30-24(17)33-21)15-9-6-13(26)10-18(15)28/h4-11H,26H2,1-3H3,(H2,29,32). The van der Waals surface area contributed by atoms with E-state index in [1.54, 1.807) is 39.0 Å². The van der Waals surface area contributed by atoms with Crippen molar-refractivity contribution >= 4 is 59.3 Å². The molecule has 1 amide bonds. The smallest absolute Gasteiger partial charge is 0.253 e. The Kier molecular flexibility index (Phi) is 5.85. The fourth-order valence-corrected chi connectivity index (χ4v) is 4.09. The molecule has 0 aliphatic rings. The minimum Gasteiger partial charge on any atom is -0.434 e. The monoisotopic (exact) mass is 478 g/mol. The van der Waals surface area contributed by atoms with Crippen LogP contribution in [-0.2, 0) is 0 Å². The second kappa shape index (κ2) is 8.36. The Hall–Kier alpha value is -3.09. The van der Waals surface area contributed by atoms with Crippen LogP contribution < -0.4 is 11.2 Å². The predicted octanol–water partition coefficient (Wildman–Crippen LogP) is 5.05. The van der Waals surface area contributed by atoms with Gasteiger partial charge in [0, 0.05) is 26.6 Å². The molecule has 0 radical (unpaired) electrons. The Morgan fingerprint density at radius 2 is 1.67 bits per heavy atom. The van der Waals surface area contributed by atoms with Gasteiger partial charge in [0.05, 0.1) is 16.6 Å². The molecule has 0 aliphatic carbocycles. The van der Waals surface area contributed by atoms with E-state index in [0.29, 0.717) is 32.3 Å². The predicted molar refractivity (Wildman–Crippen MR) is 135 cm³/mol. The molecule has 0 spiro atoms. The van der Waals surface area contributed by atoms with Gasteiger partial charge in [-0.25, -0.2) is 4.98 Å². The normalized spacial score (nSPS) is 11.7. The number of hydrogen-bond donors (Lipinski definition) is 1. The Morgan fingerprint density at radius 1 is 1.00 bits per heavy atom. The summed E-state index contributed by atoms with van der Waals surface area (Å²) in [7, 11) is 1.95. The lowest BCUT2D eigenvalue weighted by atomic mass is 9.87. The fourth-order valence-electron chi connectivity index (χ4n) is 3.64. The van der Waals surface area contributed by atoms with Gasteiger partial charge < -0.3 is 10.2 Å². The van der Waals surface area contributed by atoms with Gasteiger partial charge in [-0.05, 0) is 29.8 Å². The van der Waals surface area contributed by atoms with E-state index >= 15 is 0 Å². The quantitative estimate of drug-likeness (QED) is 0.328. The van der Waals surface area contributed by atoms with E-state index in [0.717, 1.165) is 11.0 Å². The molecule has 2 aromatic carbocycles. The molecule has 2 heterocycles. The molecular formula is C25H21BCl2N2O3. The van der Waals surface area contributed by atoms with E-state index < -0.39 is 11.3 Å². The highest BCUT2D eigenvalue weighted by molar-refractivity contribution is 6.38. The number of Topliss-reactive ketones (excluding diaryl/α,β-unsaturated/α-hetero) is 1. The van der Waals surface area contributed by atoms with Crippen molar-refractivity contribution in [3.63, 3.8) is 0 Å². The summed E-state index contributed by atoms with van der Waals surface area (Å²) in [6.07, 6.45) is 0. The average molecular weight is 479 g/mol. The van der Waals surface area contributed by atoms with Crippen molar-refractivity contribution in [3.05, 3.63) is 69.9 Å². The summed E-state index contributed by atoms with van der Waals surface area (Å²) >= 11 is 12.7. The molecule has 0 saturated heterocycles. The third kappa shape index (κ3) is 4.29. The number of amides is 1. The maximum Gasteiger partial charge on any atom is 0.253 e. The average Bonchev–Trinajstić information content (AvgIpc) is 3.11. The van der Waals surface area contributed by atoms with Gasteiger partial charge in [-0.15, -0.1) is 0 Å². The van der Waals surface area contributed by atoms with E-state index in [1.807, 2.05) is 38.2 Å². The zero-order chi connectivity index (χ0) is 24.1. The number of nitrogens with two attached hydrogens (primary N) is 1. The maximum absolute atomic E-state index is 13.0. The van der Waals surface area contributed by atoms with Crippen LogP contribution in [0.2, 0.25) is 10.0 Å². The lowest BCUT2D eigenvalue weighted by Gasteiger charge is -2.14. The van der Waals surface area contributed by atoms with Crippen molar-refractivity contribution in [1.29, 1.82) is 0 Å². The molecule has 0 atom stereocenters. The number of primary amides is 1. The molecule has 33 heavy (non-hydrogen) atoms. The lowest BCUT2D eigenvalue weighted by molar-refractivity contribution is 0.0822. The SMILES string of the molecule is Bc1ccc(-c2nc3oc(C(=O)C(C)(C)C)c(C(N)=O)c3cc2-c2ccc(Cl)cc2)c(Cl)c1. The molecule has 0 bridgehead atoms. The molecule has 166 valence electrons. The summed E-state index contributed by atoms with van der Waals surface area (Å²) in [6.45, 7) is 5.24. The van der Waals surface area contributed by atoms with Gasteiger partial charge in [0.1, 0.15) is 7.85 Å². The Bertz CT molecular complexity index is 1420. The number of pyridine rings is 1. The van der Waals surface area contributed by atoms with Gasteiger partial charge in [-0.1, -0.05) is 73.7 Å². The summed E-state index contributed by atoms with van der Waals surface area (Å²) < 4.78 is 5.86. The topological polar surface area (TPSA) is 86.2 Å². The summed E-state index contributed by atoms with van der Waals surface area (Å²) in [5, 5.41) is 1.47. The molecule has 0 unspecified atom stereocenters. The van der Waals surface area contributed by atoms with Crippen molar-refractivity contribution in [1.82, 2.24) is 4.98 Å². The molecular weight excluding hydrogens is 458 g/mol. The zero-order valence-corrected chi connectivity index (χ0v) is 20.1. The first-order valence-electron chi connectivity index (χ1n) is 10.3. The van der Waals surface area contributed by atoms with Gasteiger partial charge in [0.25, 0.3) is 5.91 Å². The van der Waals surface area contributed by atoms with Crippen molar-refractivity contribution < 1.29 is 14.0 Å². The van der Waals surface area contributed by atoms with Crippen molar-refractivity contribution in [3.8, 4) is 22.4 Å². The van der Waals surface area contributed by atoms with E-state index in [1.165, 1.54) is 0 Å². The third-order valence-electron chi connectivity index (χ3n) is 5.35. The van der Waals surface area contributed by atoms with Crippen molar-refractivity contribution in [2.75, 3.05) is 0 Å². The number of hydrogen-bond acceptors (Lipinski definition) is 4. The highest BCUT2D eigenvalue weighted by Crippen LogP contribution is 2.39. The van der Waals surface area contributed by atoms with Crippen LogP contribution in [0.4, 0.5) is 0 Å². The van der Waals surface area contributed by atoms with Gasteiger partial charge >= 0.3 is 0 Å². The summed E-state index contributed by atoms with van der Waals surface area (Å²) in [5.74, 6) is -1.18. The largest absolute Gasteiger partial charge is 0.434 e. The molecule has 0 saturated carbocycles.